The van der Waals surface area contributed by atoms with Crippen LogP contribution in [0.4, 0.5) is 5.69 Å². The lowest BCUT2D eigenvalue weighted by atomic mass is 10.0. The topological polar surface area (TPSA) is 26.0 Å². The van der Waals surface area contributed by atoms with Gasteiger partial charge in [-0.3, -0.25) is 0 Å². The summed E-state index contributed by atoms with van der Waals surface area (Å²) >= 11 is 0. The Morgan fingerprint density at radius 2 is 1.69 bits per heavy atom. The molecule has 0 heterocycles. The Labute approximate surface area is 78.2 Å². The quantitative estimate of drug-likeness (QED) is 0.606. The van der Waals surface area contributed by atoms with Gasteiger partial charge >= 0.3 is 0 Å². The van der Waals surface area contributed by atoms with Crippen LogP contribution >= 0.6 is 0 Å². The third-order valence-corrected chi connectivity index (χ3v) is 2.50. The van der Waals surface area contributed by atoms with Gasteiger partial charge in [0.15, 0.2) is 0 Å². The van der Waals surface area contributed by atoms with Crippen LogP contribution in [0.3, 0.4) is 0 Å². The predicted octanol–water partition coefficient (Wildman–Crippen LogP) is 3.04. The summed E-state index contributed by atoms with van der Waals surface area (Å²) in [6, 6.07) is 10.3. The van der Waals surface area contributed by atoms with Crippen molar-refractivity contribution in [3.05, 3.63) is 41.5 Å². The minimum Gasteiger partial charge on any atom is -0.398 e. The number of anilines is 1. The molecule has 2 N–H and O–H groups in total. The predicted molar refractivity (Wildman–Crippen MR) is 57.8 cm³/mol. The molecule has 0 fully saturated rings. The highest BCUT2D eigenvalue weighted by atomic mass is 14.5. The van der Waals surface area contributed by atoms with Crippen molar-refractivity contribution in [2.24, 2.45) is 0 Å². The van der Waals surface area contributed by atoms with Crippen LogP contribution in [0.25, 0.3) is 10.8 Å². The third kappa shape index (κ3) is 1.17. The Kier molecular flexibility index (Phi) is 1.73. The van der Waals surface area contributed by atoms with Gasteiger partial charge in [-0.25, -0.2) is 0 Å². The second-order valence-electron chi connectivity index (χ2n) is 3.47. The molecule has 0 aromatic heterocycles. The Balaban J connectivity index is 3.00. The third-order valence-electron chi connectivity index (χ3n) is 2.50. The lowest BCUT2D eigenvalue weighted by molar-refractivity contribution is 1.48. The average Bonchev–Trinajstić information content (AvgIpc) is 2.12. The van der Waals surface area contributed by atoms with Crippen LogP contribution in [-0.4, -0.2) is 0 Å². The SMILES string of the molecule is Cc1ccc(N)c2c(C)cccc12. The molecule has 0 aliphatic rings. The number of aryl methyl sites for hydroxylation is 2. The summed E-state index contributed by atoms with van der Waals surface area (Å²) in [5.41, 5.74) is 9.33. The van der Waals surface area contributed by atoms with Crippen molar-refractivity contribution in [2.75, 3.05) is 5.73 Å². The zero-order valence-corrected chi connectivity index (χ0v) is 7.96. The molecule has 2 aromatic carbocycles. The van der Waals surface area contributed by atoms with E-state index in [1.807, 2.05) is 6.07 Å². The van der Waals surface area contributed by atoms with Gasteiger partial charge in [-0.1, -0.05) is 24.3 Å². The Morgan fingerprint density at radius 3 is 2.38 bits per heavy atom. The molecule has 0 radical (unpaired) electrons. The molecule has 2 rings (SSSR count). The number of fused-ring (bicyclic) bond motifs is 1. The molecule has 0 aliphatic heterocycles. The summed E-state index contributed by atoms with van der Waals surface area (Å²) < 4.78 is 0. The number of hydrogen-bond donors (Lipinski definition) is 1. The number of benzene rings is 2. The van der Waals surface area contributed by atoms with Crippen LogP contribution in [-0.2, 0) is 0 Å². The standard InChI is InChI=1S/C12H13N/c1-8-6-7-11(13)12-9(2)4-3-5-10(8)12/h3-7H,13H2,1-2H3. The highest BCUT2D eigenvalue weighted by Crippen LogP contribution is 2.26. The van der Waals surface area contributed by atoms with Crippen LogP contribution in [0, 0.1) is 13.8 Å². The molecule has 0 aliphatic carbocycles. The summed E-state index contributed by atoms with van der Waals surface area (Å²) in [5, 5.41) is 2.46. The Hall–Kier alpha value is -1.50. The van der Waals surface area contributed by atoms with E-state index in [1.54, 1.807) is 0 Å². The number of nitrogen functional groups attached to an aromatic ring is 1. The van der Waals surface area contributed by atoms with Crippen molar-refractivity contribution in [2.45, 2.75) is 13.8 Å². The lowest BCUT2D eigenvalue weighted by Gasteiger charge is -2.07. The molecule has 13 heavy (non-hydrogen) atoms. The molecule has 0 unspecified atom stereocenters. The van der Waals surface area contributed by atoms with Crippen LogP contribution in [0.15, 0.2) is 30.3 Å². The monoisotopic (exact) mass is 171 g/mol. The normalized spacial score (nSPS) is 10.6. The Bertz CT molecular complexity index is 450. The van der Waals surface area contributed by atoms with Crippen LogP contribution in [0.1, 0.15) is 11.1 Å². The van der Waals surface area contributed by atoms with Gasteiger partial charge in [0, 0.05) is 11.1 Å². The lowest BCUT2D eigenvalue weighted by Crippen LogP contribution is -1.90. The zero-order chi connectivity index (χ0) is 9.42. The summed E-state index contributed by atoms with van der Waals surface area (Å²) in [5.74, 6) is 0. The fourth-order valence-electron chi connectivity index (χ4n) is 1.77. The van der Waals surface area contributed by atoms with Crippen molar-refractivity contribution < 1.29 is 0 Å². The van der Waals surface area contributed by atoms with Crippen molar-refractivity contribution >= 4 is 16.5 Å². The summed E-state index contributed by atoms with van der Waals surface area (Å²) in [4.78, 5) is 0. The second-order valence-corrected chi connectivity index (χ2v) is 3.47. The van der Waals surface area contributed by atoms with Crippen LogP contribution < -0.4 is 5.73 Å². The van der Waals surface area contributed by atoms with E-state index in [9.17, 15) is 0 Å². The molecule has 0 bridgehead atoms. The van der Waals surface area contributed by atoms with E-state index >= 15 is 0 Å². The first-order valence-electron chi connectivity index (χ1n) is 4.44. The highest BCUT2D eigenvalue weighted by molar-refractivity contribution is 5.97. The molecular formula is C12H13N. The van der Waals surface area contributed by atoms with Crippen molar-refractivity contribution in [1.82, 2.24) is 0 Å². The van der Waals surface area contributed by atoms with Gasteiger partial charge in [0.1, 0.15) is 0 Å². The van der Waals surface area contributed by atoms with E-state index in [0.717, 1.165) is 5.69 Å². The van der Waals surface area contributed by atoms with E-state index in [1.165, 1.54) is 21.9 Å². The van der Waals surface area contributed by atoms with E-state index in [-0.39, 0.29) is 0 Å². The molecule has 1 nitrogen and oxygen atoms in total. The summed E-state index contributed by atoms with van der Waals surface area (Å²) in [6.07, 6.45) is 0. The van der Waals surface area contributed by atoms with Gasteiger partial charge in [0.05, 0.1) is 0 Å². The number of hydrogen-bond acceptors (Lipinski definition) is 1. The zero-order valence-electron chi connectivity index (χ0n) is 7.96. The molecular weight excluding hydrogens is 158 g/mol. The number of nitrogens with two attached hydrogens (primary N) is 1. The first kappa shape index (κ1) is 8.11. The molecule has 66 valence electrons. The molecule has 1 heteroatoms. The molecule has 0 saturated carbocycles. The molecule has 0 spiro atoms. The highest BCUT2D eigenvalue weighted by Gasteiger charge is 2.02. The molecule has 2 aromatic rings. The van der Waals surface area contributed by atoms with Gasteiger partial charge < -0.3 is 5.73 Å². The molecule has 0 saturated heterocycles. The largest absolute Gasteiger partial charge is 0.398 e. The molecule has 0 atom stereocenters. The van der Waals surface area contributed by atoms with Gasteiger partial charge in [0.2, 0.25) is 0 Å². The van der Waals surface area contributed by atoms with Gasteiger partial charge in [-0.2, -0.15) is 0 Å². The fourth-order valence-corrected chi connectivity index (χ4v) is 1.77. The minimum atomic E-state index is 0.874. The number of rotatable bonds is 0. The van der Waals surface area contributed by atoms with Gasteiger partial charge in [-0.05, 0) is 36.4 Å². The van der Waals surface area contributed by atoms with Gasteiger partial charge in [0.25, 0.3) is 0 Å². The van der Waals surface area contributed by atoms with Gasteiger partial charge in [-0.15, -0.1) is 0 Å². The van der Waals surface area contributed by atoms with E-state index in [2.05, 4.69) is 38.1 Å². The van der Waals surface area contributed by atoms with Crippen molar-refractivity contribution in [3.63, 3.8) is 0 Å². The minimum absolute atomic E-state index is 0.874. The van der Waals surface area contributed by atoms with Crippen molar-refractivity contribution in [1.29, 1.82) is 0 Å². The first-order chi connectivity index (χ1) is 6.20. The fraction of sp³-hybridized carbons (Fsp3) is 0.167. The summed E-state index contributed by atoms with van der Waals surface area (Å²) in [6.45, 7) is 4.21. The smallest absolute Gasteiger partial charge is 0.0396 e. The Morgan fingerprint density at radius 1 is 0.923 bits per heavy atom. The van der Waals surface area contributed by atoms with Crippen LogP contribution in [0.2, 0.25) is 0 Å². The first-order valence-corrected chi connectivity index (χ1v) is 4.44. The van der Waals surface area contributed by atoms with E-state index in [0.29, 0.717) is 0 Å². The van der Waals surface area contributed by atoms with Crippen molar-refractivity contribution in [3.8, 4) is 0 Å². The second kappa shape index (κ2) is 2.77. The molecule has 0 amide bonds. The maximum absolute atomic E-state index is 5.93. The van der Waals surface area contributed by atoms with Crippen LogP contribution in [0.5, 0.6) is 0 Å². The van der Waals surface area contributed by atoms with E-state index in [4.69, 9.17) is 5.73 Å². The average molecular weight is 171 g/mol. The summed E-state index contributed by atoms with van der Waals surface area (Å²) in [7, 11) is 0. The maximum Gasteiger partial charge on any atom is 0.0396 e. The maximum atomic E-state index is 5.93. The van der Waals surface area contributed by atoms with E-state index < -0.39 is 0 Å².